The first-order valence-corrected chi connectivity index (χ1v) is 11.7. The third-order valence-electron chi connectivity index (χ3n) is 5.73. The fourth-order valence-corrected chi connectivity index (χ4v) is 3.84. The summed E-state index contributed by atoms with van der Waals surface area (Å²) < 4.78 is 25.5. The van der Waals surface area contributed by atoms with Crippen LogP contribution < -0.4 is 5.32 Å². The van der Waals surface area contributed by atoms with Gasteiger partial charge in [0.1, 0.15) is 17.7 Å². The molecule has 2 aliphatic heterocycles. The summed E-state index contributed by atoms with van der Waals surface area (Å²) in [7, 11) is 0. The molecule has 35 heavy (non-hydrogen) atoms. The smallest absolute Gasteiger partial charge is 0.410 e. The maximum absolute atomic E-state index is 14.8. The van der Waals surface area contributed by atoms with Crippen LogP contribution in [0.5, 0.6) is 0 Å². The SMILES string of the molecule is CCC/C=N/N=C/c1cccc(NC(=O)c2cc3c(cc2F)CCN(C(=O)OC2CCOC2)C3)n1. The molecule has 0 bridgehead atoms. The molecule has 2 amide bonds. The molecule has 1 unspecified atom stereocenters. The fourth-order valence-electron chi connectivity index (χ4n) is 3.84. The van der Waals surface area contributed by atoms with Crippen molar-refractivity contribution in [3.05, 3.63) is 58.5 Å². The highest BCUT2D eigenvalue weighted by molar-refractivity contribution is 6.04. The van der Waals surface area contributed by atoms with E-state index < -0.39 is 17.8 Å². The maximum atomic E-state index is 14.8. The van der Waals surface area contributed by atoms with Gasteiger partial charge in [-0.2, -0.15) is 10.2 Å². The molecule has 0 spiro atoms. The highest BCUT2D eigenvalue weighted by Crippen LogP contribution is 2.24. The summed E-state index contributed by atoms with van der Waals surface area (Å²) in [6.07, 6.45) is 5.50. The quantitative estimate of drug-likeness (QED) is 0.476. The molecule has 1 N–H and O–H groups in total. The highest BCUT2D eigenvalue weighted by atomic mass is 19.1. The Hall–Kier alpha value is -3.66. The number of pyridine rings is 1. The van der Waals surface area contributed by atoms with E-state index in [1.54, 1.807) is 29.3 Å². The van der Waals surface area contributed by atoms with Gasteiger partial charge in [-0.25, -0.2) is 14.2 Å². The number of nitrogens with one attached hydrogen (secondary N) is 1. The number of ether oxygens (including phenoxy) is 2. The normalized spacial score (nSPS) is 17.7. The van der Waals surface area contributed by atoms with E-state index in [4.69, 9.17) is 9.47 Å². The molecule has 10 heteroatoms. The first kappa shape index (κ1) is 24.5. The average molecular weight is 482 g/mol. The van der Waals surface area contributed by atoms with Crippen molar-refractivity contribution in [1.29, 1.82) is 0 Å². The first-order chi connectivity index (χ1) is 17.0. The minimum atomic E-state index is -0.629. The van der Waals surface area contributed by atoms with Gasteiger partial charge in [-0.15, -0.1) is 0 Å². The molecular weight excluding hydrogens is 453 g/mol. The number of nitrogens with zero attached hydrogens (tertiary/aromatic N) is 4. The average Bonchev–Trinajstić information content (AvgIpc) is 3.36. The summed E-state index contributed by atoms with van der Waals surface area (Å²) in [6.45, 7) is 3.69. The number of anilines is 1. The van der Waals surface area contributed by atoms with E-state index >= 15 is 0 Å². The van der Waals surface area contributed by atoms with E-state index in [9.17, 15) is 14.0 Å². The van der Waals surface area contributed by atoms with E-state index in [1.165, 1.54) is 18.3 Å². The minimum Gasteiger partial charge on any atom is -0.444 e. The van der Waals surface area contributed by atoms with Gasteiger partial charge in [0, 0.05) is 25.7 Å². The van der Waals surface area contributed by atoms with Crippen LogP contribution >= 0.6 is 0 Å². The van der Waals surface area contributed by atoms with Crippen LogP contribution in [0.1, 0.15) is 53.4 Å². The van der Waals surface area contributed by atoms with E-state index in [2.05, 4.69) is 20.5 Å². The second-order valence-electron chi connectivity index (χ2n) is 8.37. The number of benzene rings is 1. The number of unbranched alkanes of at least 4 members (excludes halogenated alkanes) is 1. The predicted octanol–water partition coefficient (Wildman–Crippen LogP) is 3.96. The van der Waals surface area contributed by atoms with Crippen molar-refractivity contribution in [3.8, 4) is 0 Å². The number of carbonyl (C=O) groups is 2. The third-order valence-corrected chi connectivity index (χ3v) is 5.73. The Morgan fingerprint density at radius 3 is 3.00 bits per heavy atom. The molecule has 1 saturated heterocycles. The molecule has 1 atom stereocenters. The third kappa shape index (κ3) is 6.48. The standard InChI is InChI=1S/C25H28FN5O4/c1-2-3-9-27-28-14-19-5-4-6-23(29-19)30-24(32)21-12-18-15-31(10-7-17(18)13-22(21)26)25(33)35-20-8-11-34-16-20/h4-6,9,12-14,20H,2-3,7-8,10-11,15-16H2,1H3,(H,29,30,32)/b27-9+,28-14+. The molecule has 1 fully saturated rings. The van der Waals surface area contributed by atoms with Gasteiger partial charge in [-0.1, -0.05) is 19.4 Å². The van der Waals surface area contributed by atoms with Crippen molar-refractivity contribution in [2.75, 3.05) is 25.1 Å². The number of carbonyl (C=O) groups excluding carboxylic acids is 2. The maximum Gasteiger partial charge on any atom is 0.410 e. The van der Waals surface area contributed by atoms with Crippen molar-refractivity contribution in [3.63, 3.8) is 0 Å². The van der Waals surface area contributed by atoms with Crippen LogP contribution in [-0.2, 0) is 22.4 Å². The van der Waals surface area contributed by atoms with Crippen LogP contribution in [0.4, 0.5) is 15.0 Å². The fraction of sp³-hybridized carbons (Fsp3) is 0.400. The summed E-state index contributed by atoms with van der Waals surface area (Å²) in [5.74, 6) is -0.989. The Morgan fingerprint density at radius 1 is 1.31 bits per heavy atom. The summed E-state index contributed by atoms with van der Waals surface area (Å²) >= 11 is 0. The summed E-state index contributed by atoms with van der Waals surface area (Å²) in [5.41, 5.74) is 1.87. The first-order valence-electron chi connectivity index (χ1n) is 11.7. The molecule has 0 aliphatic carbocycles. The monoisotopic (exact) mass is 481 g/mol. The number of fused-ring (bicyclic) bond motifs is 1. The molecular formula is C25H28FN5O4. The lowest BCUT2D eigenvalue weighted by atomic mass is 9.96. The molecule has 0 saturated carbocycles. The largest absolute Gasteiger partial charge is 0.444 e. The van der Waals surface area contributed by atoms with E-state index in [0.717, 1.165) is 18.4 Å². The molecule has 0 radical (unpaired) electrons. The molecule has 1 aromatic heterocycles. The topological polar surface area (TPSA) is 105 Å². The van der Waals surface area contributed by atoms with Crippen molar-refractivity contribution < 1.29 is 23.5 Å². The van der Waals surface area contributed by atoms with Gasteiger partial charge < -0.3 is 19.7 Å². The Bertz CT molecular complexity index is 1130. The van der Waals surface area contributed by atoms with Gasteiger partial charge in [-0.3, -0.25) is 4.79 Å². The van der Waals surface area contributed by atoms with Crippen LogP contribution in [-0.4, -0.2) is 60.2 Å². The van der Waals surface area contributed by atoms with Gasteiger partial charge in [0.05, 0.1) is 30.7 Å². The lowest BCUT2D eigenvalue weighted by Crippen LogP contribution is -2.38. The minimum absolute atomic E-state index is 0.117. The molecule has 9 nitrogen and oxygen atoms in total. The van der Waals surface area contributed by atoms with Crippen LogP contribution in [0.25, 0.3) is 0 Å². The Labute approximate surface area is 203 Å². The molecule has 2 aliphatic rings. The number of halogens is 1. The van der Waals surface area contributed by atoms with Crippen molar-refractivity contribution in [1.82, 2.24) is 9.88 Å². The molecule has 1 aromatic carbocycles. The Balaban J connectivity index is 1.43. The second-order valence-corrected chi connectivity index (χ2v) is 8.37. The van der Waals surface area contributed by atoms with Crippen molar-refractivity contribution in [2.45, 2.75) is 45.3 Å². The van der Waals surface area contributed by atoms with E-state index in [-0.39, 0.29) is 24.0 Å². The Morgan fingerprint density at radius 2 is 2.20 bits per heavy atom. The van der Waals surface area contributed by atoms with E-state index in [1.807, 2.05) is 6.92 Å². The van der Waals surface area contributed by atoms with Crippen molar-refractivity contribution >= 4 is 30.2 Å². The van der Waals surface area contributed by atoms with Crippen LogP contribution in [0, 0.1) is 5.82 Å². The number of hydrogen-bond donors (Lipinski definition) is 1. The van der Waals surface area contributed by atoms with Gasteiger partial charge >= 0.3 is 6.09 Å². The zero-order valence-corrected chi connectivity index (χ0v) is 19.6. The number of rotatable bonds is 7. The number of amides is 2. The summed E-state index contributed by atoms with van der Waals surface area (Å²) in [6, 6.07) is 7.89. The van der Waals surface area contributed by atoms with Gasteiger partial charge in [-0.05, 0) is 48.2 Å². The molecule has 4 rings (SSSR count). The van der Waals surface area contributed by atoms with Crippen molar-refractivity contribution in [2.24, 2.45) is 10.2 Å². The molecule has 3 heterocycles. The van der Waals surface area contributed by atoms with Crippen LogP contribution in [0.3, 0.4) is 0 Å². The van der Waals surface area contributed by atoms with E-state index in [0.29, 0.717) is 43.9 Å². The number of aromatic nitrogens is 1. The zero-order valence-electron chi connectivity index (χ0n) is 19.6. The van der Waals surface area contributed by atoms with Gasteiger partial charge in [0.25, 0.3) is 5.91 Å². The van der Waals surface area contributed by atoms with Gasteiger partial charge in [0.15, 0.2) is 0 Å². The van der Waals surface area contributed by atoms with Crippen LogP contribution in [0.15, 0.2) is 40.5 Å². The predicted molar refractivity (Wildman–Crippen MR) is 129 cm³/mol. The Kier molecular flexibility index (Phi) is 8.15. The summed E-state index contributed by atoms with van der Waals surface area (Å²) in [4.78, 5) is 31.2. The summed E-state index contributed by atoms with van der Waals surface area (Å²) in [5, 5.41) is 10.5. The number of hydrogen-bond acceptors (Lipinski definition) is 7. The lowest BCUT2D eigenvalue weighted by Gasteiger charge is -2.29. The zero-order chi connectivity index (χ0) is 24.6. The second kappa shape index (κ2) is 11.7. The molecule has 2 aromatic rings. The lowest BCUT2D eigenvalue weighted by molar-refractivity contribution is 0.0516. The molecule has 184 valence electrons. The highest BCUT2D eigenvalue weighted by Gasteiger charge is 2.28. The van der Waals surface area contributed by atoms with Crippen LogP contribution in [0.2, 0.25) is 0 Å². The van der Waals surface area contributed by atoms with Gasteiger partial charge in [0.2, 0.25) is 0 Å².